The summed E-state index contributed by atoms with van der Waals surface area (Å²) >= 11 is 5.53. The van der Waals surface area contributed by atoms with Crippen molar-refractivity contribution in [2.75, 3.05) is 0 Å². The third-order valence-corrected chi connectivity index (χ3v) is 1.23. The van der Waals surface area contributed by atoms with Crippen LogP contribution in [0.1, 0.15) is 20.8 Å². The molecule has 0 atom stereocenters. The standard InChI is InChI=1S/C5H10Cl/c1-4(2)5(3)6/h4H,1-3H3. The van der Waals surface area contributed by atoms with E-state index in [0.717, 1.165) is 5.38 Å². The molecule has 0 bridgehead atoms. The van der Waals surface area contributed by atoms with E-state index in [4.69, 9.17) is 11.6 Å². The van der Waals surface area contributed by atoms with Crippen LogP contribution in [-0.4, -0.2) is 0 Å². The molecule has 0 saturated heterocycles. The van der Waals surface area contributed by atoms with Crippen molar-refractivity contribution in [2.24, 2.45) is 5.92 Å². The lowest BCUT2D eigenvalue weighted by molar-refractivity contribution is 0.733. The largest absolute Gasteiger partial charge is 0.117 e. The molecule has 0 fully saturated rings. The maximum Gasteiger partial charge on any atom is 0.0632 e. The summed E-state index contributed by atoms with van der Waals surface area (Å²) < 4.78 is 0. The van der Waals surface area contributed by atoms with Crippen molar-refractivity contribution in [1.29, 1.82) is 0 Å². The Morgan fingerprint density at radius 1 is 1.50 bits per heavy atom. The highest BCUT2D eigenvalue weighted by Crippen LogP contribution is 2.15. The van der Waals surface area contributed by atoms with Gasteiger partial charge in [0.15, 0.2) is 0 Å². The van der Waals surface area contributed by atoms with Gasteiger partial charge in [-0.05, 0) is 12.8 Å². The van der Waals surface area contributed by atoms with Crippen LogP contribution in [0.2, 0.25) is 0 Å². The molecule has 0 aliphatic rings. The summed E-state index contributed by atoms with van der Waals surface area (Å²) in [7, 11) is 0. The van der Waals surface area contributed by atoms with Gasteiger partial charge in [0.05, 0.1) is 5.38 Å². The third-order valence-electron chi connectivity index (χ3n) is 0.796. The van der Waals surface area contributed by atoms with Gasteiger partial charge in [-0.15, -0.1) is 11.6 Å². The molecule has 6 heavy (non-hydrogen) atoms. The van der Waals surface area contributed by atoms with Crippen LogP contribution in [-0.2, 0) is 0 Å². The molecule has 0 amide bonds. The van der Waals surface area contributed by atoms with Crippen molar-refractivity contribution >= 4 is 11.6 Å². The first-order valence-corrected chi connectivity index (χ1v) is 2.51. The van der Waals surface area contributed by atoms with E-state index in [1.807, 2.05) is 6.92 Å². The van der Waals surface area contributed by atoms with Crippen LogP contribution < -0.4 is 0 Å². The van der Waals surface area contributed by atoms with Crippen LogP contribution in [0.25, 0.3) is 0 Å². The van der Waals surface area contributed by atoms with Gasteiger partial charge >= 0.3 is 0 Å². The van der Waals surface area contributed by atoms with Gasteiger partial charge < -0.3 is 0 Å². The fourth-order valence-electron chi connectivity index (χ4n) is 0. The first-order valence-electron chi connectivity index (χ1n) is 2.13. The lowest BCUT2D eigenvalue weighted by atomic mass is 10.2. The van der Waals surface area contributed by atoms with E-state index in [9.17, 15) is 0 Å². The first-order chi connectivity index (χ1) is 2.64. The minimum atomic E-state index is 0.534. The van der Waals surface area contributed by atoms with Crippen LogP contribution >= 0.6 is 11.6 Å². The zero-order valence-electron chi connectivity index (χ0n) is 4.46. The minimum Gasteiger partial charge on any atom is -0.117 e. The van der Waals surface area contributed by atoms with Gasteiger partial charge in [0.1, 0.15) is 0 Å². The molecule has 1 radical (unpaired) electrons. The van der Waals surface area contributed by atoms with Gasteiger partial charge in [0.25, 0.3) is 0 Å². The van der Waals surface area contributed by atoms with E-state index >= 15 is 0 Å². The molecule has 0 spiro atoms. The predicted molar refractivity (Wildman–Crippen MR) is 29.6 cm³/mol. The van der Waals surface area contributed by atoms with Crippen molar-refractivity contribution in [2.45, 2.75) is 20.8 Å². The van der Waals surface area contributed by atoms with Gasteiger partial charge in [-0.25, -0.2) is 0 Å². The molecule has 0 heterocycles. The predicted octanol–water partition coefficient (Wildman–Crippen LogP) is 2.43. The lowest BCUT2D eigenvalue weighted by Crippen LogP contribution is -1.89. The first kappa shape index (κ1) is 6.29. The Labute approximate surface area is 44.5 Å². The zero-order chi connectivity index (χ0) is 5.15. The van der Waals surface area contributed by atoms with Crippen LogP contribution in [0.15, 0.2) is 0 Å². The van der Waals surface area contributed by atoms with E-state index in [1.54, 1.807) is 0 Å². The molecule has 0 unspecified atom stereocenters. The summed E-state index contributed by atoms with van der Waals surface area (Å²) in [6.07, 6.45) is 0. The van der Waals surface area contributed by atoms with Gasteiger partial charge in [0, 0.05) is 0 Å². The van der Waals surface area contributed by atoms with Gasteiger partial charge in [0.2, 0.25) is 0 Å². The van der Waals surface area contributed by atoms with Crippen LogP contribution in [0.4, 0.5) is 0 Å². The Kier molecular flexibility index (Phi) is 2.58. The normalized spacial score (nSPS) is 11.0. The van der Waals surface area contributed by atoms with Crippen molar-refractivity contribution in [3.63, 3.8) is 0 Å². The number of hydrogen-bond acceptors (Lipinski definition) is 0. The summed E-state index contributed by atoms with van der Waals surface area (Å²) in [6, 6.07) is 0. The Hall–Kier alpha value is 0.290. The molecule has 1 heteroatoms. The van der Waals surface area contributed by atoms with E-state index in [-0.39, 0.29) is 0 Å². The fourth-order valence-corrected chi connectivity index (χ4v) is 0. The molecular weight excluding hydrogens is 95.5 g/mol. The smallest absolute Gasteiger partial charge is 0.0632 e. The molecule has 0 nitrogen and oxygen atoms in total. The van der Waals surface area contributed by atoms with E-state index in [0.29, 0.717) is 5.92 Å². The summed E-state index contributed by atoms with van der Waals surface area (Å²) in [4.78, 5) is 0. The van der Waals surface area contributed by atoms with Gasteiger partial charge in [-0.2, -0.15) is 0 Å². The monoisotopic (exact) mass is 105 g/mol. The van der Waals surface area contributed by atoms with Crippen LogP contribution in [0.5, 0.6) is 0 Å². The van der Waals surface area contributed by atoms with E-state index < -0.39 is 0 Å². The molecule has 0 aromatic heterocycles. The van der Waals surface area contributed by atoms with Gasteiger partial charge in [-0.3, -0.25) is 0 Å². The minimum absolute atomic E-state index is 0.534. The van der Waals surface area contributed by atoms with Crippen LogP contribution in [0, 0.1) is 11.3 Å². The number of halogens is 1. The third kappa shape index (κ3) is 2.52. The summed E-state index contributed by atoms with van der Waals surface area (Å²) in [6.45, 7) is 6.07. The average Bonchev–Trinajstić information content (AvgIpc) is 1.36. The molecule has 0 saturated carbocycles. The fraction of sp³-hybridized carbons (Fsp3) is 0.800. The van der Waals surface area contributed by atoms with Crippen molar-refractivity contribution in [3.8, 4) is 0 Å². The summed E-state index contributed by atoms with van der Waals surface area (Å²) in [5.41, 5.74) is 0. The molecule has 37 valence electrons. The lowest BCUT2D eigenvalue weighted by Gasteiger charge is -2.01. The molecule has 0 aromatic carbocycles. The summed E-state index contributed by atoms with van der Waals surface area (Å²) in [5, 5.41) is 0.981. The second-order valence-electron chi connectivity index (χ2n) is 1.74. The SMILES string of the molecule is C[C](Cl)C(C)C. The Balaban J connectivity index is 2.99. The highest BCUT2D eigenvalue weighted by Gasteiger charge is 1.99. The van der Waals surface area contributed by atoms with Crippen molar-refractivity contribution < 1.29 is 0 Å². The molecule has 0 N–H and O–H groups in total. The average molecular weight is 106 g/mol. The summed E-state index contributed by atoms with van der Waals surface area (Å²) in [5.74, 6) is 0.534. The molecule has 0 aliphatic heterocycles. The molecule has 0 aliphatic carbocycles. The van der Waals surface area contributed by atoms with Gasteiger partial charge in [-0.1, -0.05) is 13.8 Å². The van der Waals surface area contributed by atoms with E-state index in [2.05, 4.69) is 13.8 Å². The zero-order valence-corrected chi connectivity index (χ0v) is 5.21. The van der Waals surface area contributed by atoms with E-state index in [1.165, 1.54) is 0 Å². The maximum absolute atomic E-state index is 5.53. The second kappa shape index (κ2) is 2.46. The van der Waals surface area contributed by atoms with Crippen molar-refractivity contribution in [1.82, 2.24) is 0 Å². The quantitative estimate of drug-likeness (QED) is 0.481. The number of rotatable bonds is 1. The highest BCUT2D eigenvalue weighted by atomic mass is 35.5. The Morgan fingerprint density at radius 2 is 1.67 bits per heavy atom. The maximum atomic E-state index is 5.53. The highest BCUT2D eigenvalue weighted by molar-refractivity contribution is 6.26. The molecule has 0 rings (SSSR count). The number of hydrogen-bond donors (Lipinski definition) is 0. The Morgan fingerprint density at radius 3 is 1.67 bits per heavy atom. The molecule has 0 aromatic rings. The second-order valence-corrected chi connectivity index (χ2v) is 2.34. The van der Waals surface area contributed by atoms with Crippen LogP contribution in [0.3, 0.4) is 0 Å². The Bertz CT molecular complexity index is 24.9. The topological polar surface area (TPSA) is 0 Å². The van der Waals surface area contributed by atoms with Crippen molar-refractivity contribution in [3.05, 3.63) is 5.38 Å². The molecular formula is C5H10Cl.